The molecule has 0 unspecified atom stereocenters. The van der Waals surface area contributed by atoms with Gasteiger partial charge in [-0.25, -0.2) is 0 Å². The van der Waals surface area contributed by atoms with Crippen LogP contribution >= 0.6 is 0 Å². The van der Waals surface area contributed by atoms with Crippen molar-refractivity contribution in [3.63, 3.8) is 0 Å². The Balaban J connectivity index is 1.94. The topological polar surface area (TPSA) is 40.5 Å². The van der Waals surface area contributed by atoms with Gasteiger partial charge in [0.1, 0.15) is 11.5 Å². The number of phenols is 2. The first-order valence-corrected chi connectivity index (χ1v) is 9.39. The standard InChI is InChI=1S/C21H34O2/c1-2-3-4-5-6-7-8-9-10-11-12-13-14-15-19-16-20(22)18-21(23)17-19/h13-14,16-18,22-23H,2-12,15H2,1H3. The molecule has 2 nitrogen and oxygen atoms in total. The van der Waals surface area contributed by atoms with E-state index < -0.39 is 0 Å². The molecule has 1 aromatic carbocycles. The molecule has 0 saturated carbocycles. The third-order valence-electron chi connectivity index (χ3n) is 4.21. The van der Waals surface area contributed by atoms with Gasteiger partial charge in [0.15, 0.2) is 0 Å². The summed E-state index contributed by atoms with van der Waals surface area (Å²) in [6.45, 7) is 2.27. The summed E-state index contributed by atoms with van der Waals surface area (Å²) >= 11 is 0. The summed E-state index contributed by atoms with van der Waals surface area (Å²) < 4.78 is 0. The van der Waals surface area contributed by atoms with E-state index >= 15 is 0 Å². The summed E-state index contributed by atoms with van der Waals surface area (Å²) in [7, 11) is 0. The molecule has 1 aromatic rings. The van der Waals surface area contributed by atoms with Gasteiger partial charge in [-0.3, -0.25) is 0 Å². The van der Waals surface area contributed by atoms with Crippen LogP contribution in [0.4, 0.5) is 0 Å². The van der Waals surface area contributed by atoms with Crippen LogP contribution in [0, 0.1) is 0 Å². The van der Waals surface area contributed by atoms with Crippen molar-refractivity contribution in [2.45, 2.75) is 84.0 Å². The Kier molecular flexibility index (Phi) is 11.1. The van der Waals surface area contributed by atoms with Gasteiger partial charge in [-0.15, -0.1) is 0 Å². The van der Waals surface area contributed by atoms with Crippen LogP contribution in [0.1, 0.15) is 83.1 Å². The number of unbranched alkanes of at least 4 members (excludes halogenated alkanes) is 10. The van der Waals surface area contributed by atoms with Crippen molar-refractivity contribution in [1.82, 2.24) is 0 Å². The Labute approximate surface area is 142 Å². The molecular weight excluding hydrogens is 284 g/mol. The second-order valence-corrected chi connectivity index (χ2v) is 6.50. The van der Waals surface area contributed by atoms with Crippen molar-refractivity contribution in [2.75, 3.05) is 0 Å². The van der Waals surface area contributed by atoms with Gasteiger partial charge in [-0.05, 0) is 37.0 Å². The predicted octanol–water partition coefficient (Wildman–Crippen LogP) is 6.51. The monoisotopic (exact) mass is 318 g/mol. The number of allylic oxidation sites excluding steroid dienone is 2. The Morgan fingerprint density at radius 2 is 1.22 bits per heavy atom. The van der Waals surface area contributed by atoms with Crippen molar-refractivity contribution in [2.24, 2.45) is 0 Å². The molecule has 0 spiro atoms. The molecule has 0 aliphatic carbocycles. The SMILES string of the molecule is CCCCCCCCCCCCC=CCc1cc(O)cc(O)c1. The Hall–Kier alpha value is -1.44. The fraction of sp³-hybridized carbons (Fsp3) is 0.619. The lowest BCUT2D eigenvalue weighted by molar-refractivity contribution is 0.449. The Bertz CT molecular complexity index is 417. The van der Waals surface area contributed by atoms with E-state index in [4.69, 9.17) is 0 Å². The van der Waals surface area contributed by atoms with Crippen LogP contribution in [-0.2, 0) is 6.42 Å². The second-order valence-electron chi connectivity index (χ2n) is 6.50. The van der Waals surface area contributed by atoms with Crippen LogP contribution in [-0.4, -0.2) is 10.2 Å². The summed E-state index contributed by atoms with van der Waals surface area (Å²) in [6, 6.07) is 4.76. The summed E-state index contributed by atoms with van der Waals surface area (Å²) in [6.07, 6.45) is 19.9. The van der Waals surface area contributed by atoms with Gasteiger partial charge in [0.2, 0.25) is 0 Å². The van der Waals surface area contributed by atoms with Crippen LogP contribution in [0.15, 0.2) is 30.4 Å². The lowest BCUT2D eigenvalue weighted by Gasteiger charge is -2.01. The van der Waals surface area contributed by atoms with Crippen LogP contribution in [0.3, 0.4) is 0 Å². The summed E-state index contributed by atoms with van der Waals surface area (Å²) in [5, 5.41) is 18.8. The van der Waals surface area contributed by atoms with Gasteiger partial charge >= 0.3 is 0 Å². The van der Waals surface area contributed by atoms with Crippen LogP contribution in [0.25, 0.3) is 0 Å². The summed E-state index contributed by atoms with van der Waals surface area (Å²) in [5.74, 6) is 0.256. The molecule has 2 N–H and O–H groups in total. The minimum atomic E-state index is 0.128. The maximum Gasteiger partial charge on any atom is 0.119 e. The molecule has 0 fully saturated rings. The molecule has 0 aliphatic rings. The fourth-order valence-electron chi connectivity index (χ4n) is 2.86. The van der Waals surface area contributed by atoms with E-state index in [0.717, 1.165) is 18.4 Å². The maximum absolute atomic E-state index is 9.41. The van der Waals surface area contributed by atoms with Crippen molar-refractivity contribution in [3.05, 3.63) is 35.9 Å². The first-order chi connectivity index (χ1) is 11.2. The van der Waals surface area contributed by atoms with Crippen molar-refractivity contribution < 1.29 is 10.2 Å². The van der Waals surface area contributed by atoms with E-state index in [0.29, 0.717) is 0 Å². The van der Waals surface area contributed by atoms with Gasteiger partial charge in [0, 0.05) is 6.07 Å². The van der Waals surface area contributed by atoms with Gasteiger partial charge in [0.05, 0.1) is 0 Å². The van der Waals surface area contributed by atoms with E-state index in [1.54, 1.807) is 12.1 Å². The molecule has 0 radical (unpaired) electrons. The number of aromatic hydroxyl groups is 2. The first kappa shape index (κ1) is 19.6. The van der Waals surface area contributed by atoms with E-state index in [9.17, 15) is 10.2 Å². The molecule has 1 rings (SSSR count). The largest absolute Gasteiger partial charge is 0.508 e. The number of phenolic OH excluding ortho intramolecular Hbond substituents is 2. The molecule has 0 heterocycles. The predicted molar refractivity (Wildman–Crippen MR) is 99.1 cm³/mol. The zero-order chi connectivity index (χ0) is 16.8. The number of rotatable bonds is 13. The van der Waals surface area contributed by atoms with E-state index in [1.165, 1.54) is 70.3 Å². The van der Waals surface area contributed by atoms with E-state index in [2.05, 4.69) is 19.1 Å². The van der Waals surface area contributed by atoms with Gasteiger partial charge in [-0.1, -0.05) is 76.9 Å². The van der Waals surface area contributed by atoms with Gasteiger partial charge < -0.3 is 10.2 Å². The lowest BCUT2D eigenvalue weighted by atomic mass is 10.1. The Morgan fingerprint density at radius 3 is 1.78 bits per heavy atom. The molecule has 0 saturated heterocycles. The number of benzene rings is 1. The van der Waals surface area contributed by atoms with Crippen molar-refractivity contribution >= 4 is 0 Å². The van der Waals surface area contributed by atoms with Crippen molar-refractivity contribution in [3.8, 4) is 11.5 Å². The smallest absolute Gasteiger partial charge is 0.119 e. The maximum atomic E-state index is 9.41. The normalized spacial score (nSPS) is 11.3. The van der Waals surface area contributed by atoms with Gasteiger partial charge in [-0.2, -0.15) is 0 Å². The number of hydrogen-bond donors (Lipinski definition) is 2. The zero-order valence-corrected chi connectivity index (χ0v) is 14.8. The van der Waals surface area contributed by atoms with Crippen molar-refractivity contribution in [1.29, 1.82) is 0 Å². The Morgan fingerprint density at radius 1 is 0.696 bits per heavy atom. The second kappa shape index (κ2) is 13.0. The van der Waals surface area contributed by atoms with Crippen LogP contribution in [0.5, 0.6) is 11.5 Å². The molecule has 0 aromatic heterocycles. The lowest BCUT2D eigenvalue weighted by Crippen LogP contribution is -1.82. The highest BCUT2D eigenvalue weighted by Gasteiger charge is 1.97. The quantitative estimate of drug-likeness (QED) is 0.321. The van der Waals surface area contributed by atoms with Gasteiger partial charge in [0.25, 0.3) is 0 Å². The highest BCUT2D eigenvalue weighted by Crippen LogP contribution is 2.21. The molecule has 2 heteroatoms. The number of hydrogen-bond acceptors (Lipinski definition) is 2. The van der Waals surface area contributed by atoms with Crippen LogP contribution in [0.2, 0.25) is 0 Å². The third-order valence-corrected chi connectivity index (χ3v) is 4.21. The molecule has 0 aliphatic heterocycles. The highest BCUT2D eigenvalue weighted by atomic mass is 16.3. The first-order valence-electron chi connectivity index (χ1n) is 9.39. The fourth-order valence-corrected chi connectivity index (χ4v) is 2.86. The van der Waals surface area contributed by atoms with E-state index in [-0.39, 0.29) is 11.5 Å². The van der Waals surface area contributed by atoms with E-state index in [1.807, 2.05) is 0 Å². The average molecular weight is 319 g/mol. The summed E-state index contributed by atoms with van der Waals surface area (Å²) in [5.41, 5.74) is 0.946. The molecular formula is C21H34O2. The zero-order valence-electron chi connectivity index (χ0n) is 14.8. The molecule has 0 atom stereocenters. The minimum Gasteiger partial charge on any atom is -0.508 e. The molecule has 0 amide bonds. The molecule has 23 heavy (non-hydrogen) atoms. The van der Waals surface area contributed by atoms with Crippen LogP contribution < -0.4 is 0 Å². The minimum absolute atomic E-state index is 0.128. The molecule has 0 bridgehead atoms. The average Bonchev–Trinajstić information content (AvgIpc) is 2.51. The highest BCUT2D eigenvalue weighted by molar-refractivity contribution is 5.37. The summed E-state index contributed by atoms with van der Waals surface area (Å²) in [4.78, 5) is 0. The third kappa shape index (κ3) is 10.8. The molecule has 130 valence electrons.